The molecule has 2 aromatic heterocycles. The van der Waals surface area contributed by atoms with Crippen LogP contribution in [0.25, 0.3) is 48.9 Å². The molecule has 0 fully saturated rings. The highest BCUT2D eigenvalue weighted by molar-refractivity contribution is 7.33. The van der Waals surface area contributed by atoms with Gasteiger partial charge in [-0.1, -0.05) is 139 Å². The van der Waals surface area contributed by atoms with E-state index in [0.29, 0.717) is 49.2 Å². The number of hydrogen-bond donors (Lipinski definition) is 0. The summed E-state index contributed by atoms with van der Waals surface area (Å²) < 4.78 is 176. The van der Waals surface area contributed by atoms with E-state index in [1.807, 2.05) is 71.3 Å². The minimum Gasteiger partial charge on any atom is -0.319 e. The Morgan fingerprint density at radius 3 is 1.74 bits per heavy atom. The average molecular weight is 763 g/mol. The number of rotatable bonds is 5. The Hall–Kier alpha value is -7.08. The summed E-state index contributed by atoms with van der Waals surface area (Å²) >= 11 is 1.39. The van der Waals surface area contributed by atoms with E-state index >= 15 is 0 Å². The van der Waals surface area contributed by atoms with Gasteiger partial charge in [0, 0.05) is 54.3 Å². The molecule has 57 heavy (non-hydrogen) atoms. The van der Waals surface area contributed by atoms with E-state index in [1.54, 1.807) is 12.1 Å². The third kappa shape index (κ3) is 4.86. The summed E-state index contributed by atoms with van der Waals surface area (Å²) in [5.41, 5.74) is 1.05. The van der Waals surface area contributed by atoms with Crippen LogP contribution in [0.2, 0.25) is 0 Å². The van der Waals surface area contributed by atoms with Gasteiger partial charge in [-0.15, -0.1) is 11.3 Å². The summed E-state index contributed by atoms with van der Waals surface area (Å²) in [5, 5.41) is 1.18. The van der Waals surface area contributed by atoms with Crippen LogP contribution in [0.4, 0.5) is 34.1 Å². The highest BCUT2D eigenvalue weighted by Gasteiger charge is 2.48. The number of thiophene rings is 1. The smallest absolute Gasteiger partial charge is 0.285 e. The zero-order valence-corrected chi connectivity index (χ0v) is 30.3. The molecule has 0 amide bonds. The van der Waals surface area contributed by atoms with Crippen molar-refractivity contribution in [2.45, 2.75) is 0 Å². The van der Waals surface area contributed by atoms with Gasteiger partial charge < -0.3 is 14.4 Å². The molecule has 0 saturated carbocycles. The van der Waals surface area contributed by atoms with E-state index < -0.39 is 133 Å². The maximum atomic E-state index is 9.91. The fraction of sp³-hybridized carbons (Fsp3) is 0. The van der Waals surface area contributed by atoms with E-state index in [1.165, 1.54) is 33.3 Å². The van der Waals surface area contributed by atoms with Crippen LogP contribution in [-0.4, -0.2) is 11.3 Å². The van der Waals surface area contributed by atoms with Crippen LogP contribution in [-0.2, 0) is 0 Å². The molecule has 0 atom stereocenters. The van der Waals surface area contributed by atoms with Gasteiger partial charge in [-0.2, -0.15) is 0 Å². The largest absolute Gasteiger partial charge is 0.319 e. The molecule has 10 aromatic rings. The minimum absolute atomic E-state index is 0.0856. The van der Waals surface area contributed by atoms with Gasteiger partial charge in [0.15, 0.2) is 0 Å². The number of hydrogen-bond acceptors (Lipinski definition) is 3. The zero-order chi connectivity index (χ0) is 54.0. The molecule has 0 spiro atoms. The molecule has 4 heterocycles. The Bertz CT molecular complexity index is 4170. The lowest BCUT2D eigenvalue weighted by Gasteiger charge is -2.43. The second-order valence-corrected chi connectivity index (χ2v) is 14.5. The summed E-state index contributed by atoms with van der Waals surface area (Å²) in [7, 11) is 0. The lowest BCUT2D eigenvalue weighted by atomic mass is 9.37. The predicted octanol–water partition coefficient (Wildman–Crippen LogP) is 12.3. The van der Waals surface area contributed by atoms with Gasteiger partial charge in [0.1, 0.15) is 0 Å². The molecule has 12 rings (SSSR count). The summed E-state index contributed by atoms with van der Waals surface area (Å²) in [6.45, 7) is -0.869. The van der Waals surface area contributed by atoms with E-state index in [4.69, 9.17) is 16.4 Å². The Morgan fingerprint density at radius 2 is 1.04 bits per heavy atom. The van der Waals surface area contributed by atoms with Gasteiger partial charge in [-0.05, 0) is 94.3 Å². The van der Waals surface area contributed by atoms with Crippen molar-refractivity contribution in [2.75, 3.05) is 9.80 Å². The fourth-order valence-electron chi connectivity index (χ4n) is 8.30. The second kappa shape index (κ2) is 12.7. The first-order chi connectivity index (χ1) is 36.2. The monoisotopic (exact) mass is 762 g/mol. The number of nitrogens with zero attached hydrogens (tertiary/aromatic N) is 3. The molecule has 0 aliphatic carbocycles. The quantitative estimate of drug-likeness (QED) is 0.162. The maximum Gasteiger partial charge on any atom is 0.285 e. The summed E-state index contributed by atoms with van der Waals surface area (Å²) in [6, 6.07) is 14.1. The zero-order valence-electron chi connectivity index (χ0n) is 48.5. The first kappa shape index (κ1) is 18.7. The van der Waals surface area contributed by atoms with Crippen molar-refractivity contribution in [3.63, 3.8) is 0 Å². The van der Waals surface area contributed by atoms with Crippen molar-refractivity contribution in [3.8, 4) is 27.9 Å². The van der Waals surface area contributed by atoms with Crippen LogP contribution in [0.15, 0.2) is 206 Å². The number of aromatic nitrogens is 1. The van der Waals surface area contributed by atoms with Gasteiger partial charge in [-0.3, -0.25) is 0 Å². The van der Waals surface area contributed by atoms with Gasteiger partial charge in [0.2, 0.25) is 0 Å². The molecule has 0 radical (unpaired) electrons. The first-order valence-corrected chi connectivity index (χ1v) is 18.8. The van der Waals surface area contributed by atoms with Crippen LogP contribution in [0, 0.1) is 0 Å². The SMILES string of the molecule is [2H]c1c([2H])c([2H])c(-c2c([2H])c([2H])c([2H])c(-c3cc4c5c(c3)N(c3c([2H])c([2H])c([2H])c([2H])c3[2H])c3c(n(-c6ccccc6)c6ccccc36)B5c3sc5ccccc5c3N4c3c([2H])c([2H])c([2H])c([2H])c3[2H])c2[2H])c([2H])c1[2H]. The molecular weight excluding hydrogens is 709 g/mol. The normalized spacial score (nSPS) is 17.5. The lowest BCUT2D eigenvalue weighted by Crippen LogP contribution is -2.62. The van der Waals surface area contributed by atoms with Crippen molar-refractivity contribution in [1.82, 2.24) is 4.57 Å². The van der Waals surface area contributed by atoms with Crippen molar-refractivity contribution in [1.29, 1.82) is 0 Å². The Balaban J connectivity index is 1.34. The van der Waals surface area contributed by atoms with E-state index in [-0.39, 0.29) is 33.9 Å². The molecule has 266 valence electrons. The average Bonchev–Trinajstić information content (AvgIpc) is 4.19. The number of fused-ring (bicyclic) bond motifs is 8. The summed E-state index contributed by atoms with van der Waals surface area (Å²) in [4.78, 5) is 3.05. The van der Waals surface area contributed by atoms with Gasteiger partial charge in [0.25, 0.3) is 6.71 Å². The van der Waals surface area contributed by atoms with Crippen LogP contribution in [0.5, 0.6) is 0 Å². The molecule has 3 nitrogen and oxygen atoms in total. The molecule has 0 bridgehead atoms. The summed E-state index contributed by atoms with van der Waals surface area (Å²) in [6.07, 6.45) is 0. The van der Waals surface area contributed by atoms with Gasteiger partial charge in [0.05, 0.1) is 42.9 Å². The van der Waals surface area contributed by atoms with E-state index in [2.05, 4.69) is 0 Å². The lowest BCUT2D eigenvalue weighted by molar-refractivity contribution is 1.15. The minimum atomic E-state index is -0.869. The number of benzene rings is 8. The van der Waals surface area contributed by atoms with Crippen molar-refractivity contribution >= 4 is 89.0 Å². The molecular formula is C52H34BN3S. The predicted molar refractivity (Wildman–Crippen MR) is 244 cm³/mol. The third-order valence-corrected chi connectivity index (χ3v) is 11.7. The molecule has 5 heteroatoms. The Kier molecular flexibility index (Phi) is 4.18. The fourth-order valence-corrected chi connectivity index (χ4v) is 9.61. The highest BCUT2D eigenvalue weighted by atomic mass is 32.1. The van der Waals surface area contributed by atoms with Crippen molar-refractivity contribution < 1.29 is 26.0 Å². The Labute approximate surface area is 362 Å². The molecule has 2 aliphatic heterocycles. The number of para-hydroxylation sites is 4. The van der Waals surface area contributed by atoms with Crippen LogP contribution in [0.1, 0.15) is 26.0 Å². The van der Waals surface area contributed by atoms with Crippen molar-refractivity contribution in [2.24, 2.45) is 0 Å². The highest BCUT2D eigenvalue weighted by Crippen LogP contribution is 2.51. The number of anilines is 6. The summed E-state index contributed by atoms with van der Waals surface area (Å²) in [5.74, 6) is 0. The Morgan fingerprint density at radius 1 is 0.474 bits per heavy atom. The van der Waals surface area contributed by atoms with Gasteiger partial charge in [-0.25, -0.2) is 0 Å². The third-order valence-electron chi connectivity index (χ3n) is 10.5. The standard InChI is InChI=1S/C52H34BN3S/c1-5-18-35(19-6-1)36-20-17-21-37(32-36)38-33-45-48-46(34-38)55(40-24-9-3-10-25-40)50-43-29-14-16-31-47(43)57-52(50)53(48)51-49(54(45)39-22-7-2-8-23-39)42-28-13-15-30-44(42)56(51)41-26-11-4-12-27-41/h1-34H/i1D,2D,3D,5D,6D,7D,8D,9D,10D,17D,18D,19D,20D,21D,22D,23D,24D,25D,32D. The first-order valence-electron chi connectivity index (χ1n) is 27.5. The van der Waals surface area contributed by atoms with E-state index in [9.17, 15) is 9.60 Å². The molecule has 2 aliphatic rings. The van der Waals surface area contributed by atoms with E-state index in [0.717, 1.165) is 4.70 Å². The van der Waals surface area contributed by atoms with Crippen LogP contribution in [0.3, 0.4) is 0 Å². The van der Waals surface area contributed by atoms with Gasteiger partial charge >= 0.3 is 0 Å². The van der Waals surface area contributed by atoms with Crippen molar-refractivity contribution in [3.05, 3.63) is 206 Å². The molecule has 0 unspecified atom stereocenters. The molecule has 0 saturated heterocycles. The van der Waals surface area contributed by atoms with Crippen LogP contribution < -0.4 is 25.6 Å². The molecule has 0 N–H and O–H groups in total. The van der Waals surface area contributed by atoms with Crippen LogP contribution >= 0.6 is 11.3 Å². The topological polar surface area (TPSA) is 11.4 Å². The maximum absolute atomic E-state index is 9.91. The molecule has 8 aromatic carbocycles. The second-order valence-electron chi connectivity index (χ2n) is 13.5.